The highest BCUT2D eigenvalue weighted by Crippen LogP contribution is 2.40. The zero-order valence-corrected chi connectivity index (χ0v) is 20.5. The van der Waals surface area contributed by atoms with E-state index in [0.29, 0.717) is 29.2 Å². The Bertz CT molecular complexity index is 1720. The summed E-state index contributed by atoms with van der Waals surface area (Å²) in [5, 5.41) is 11.6. The first-order valence-corrected chi connectivity index (χ1v) is 11.8. The van der Waals surface area contributed by atoms with Crippen LogP contribution in [0.25, 0.3) is 27.1 Å². The Labute approximate surface area is 210 Å². The largest absolute Gasteiger partial charge is 0.433 e. The van der Waals surface area contributed by atoms with Crippen LogP contribution in [0.3, 0.4) is 0 Å². The van der Waals surface area contributed by atoms with E-state index in [9.17, 15) is 22.8 Å². The molecule has 0 aliphatic heterocycles. The second-order valence-electron chi connectivity index (χ2n) is 8.22. The lowest BCUT2D eigenvalue weighted by molar-refractivity contribution is -0.141. The molecular formula is C23H19F3N8O2S. The van der Waals surface area contributed by atoms with Crippen LogP contribution in [-0.4, -0.2) is 41.2 Å². The van der Waals surface area contributed by atoms with Gasteiger partial charge >= 0.3 is 6.18 Å². The van der Waals surface area contributed by atoms with Gasteiger partial charge in [0, 0.05) is 35.5 Å². The van der Waals surface area contributed by atoms with Crippen LogP contribution in [0.4, 0.5) is 18.9 Å². The predicted molar refractivity (Wildman–Crippen MR) is 130 cm³/mol. The summed E-state index contributed by atoms with van der Waals surface area (Å²) in [4.78, 5) is 33.0. The molecule has 3 N–H and O–H groups in total. The highest BCUT2D eigenvalue weighted by molar-refractivity contribution is 7.21. The molecule has 5 heterocycles. The maximum Gasteiger partial charge on any atom is 0.433 e. The lowest BCUT2D eigenvalue weighted by Gasteiger charge is -2.09. The van der Waals surface area contributed by atoms with Crippen LogP contribution in [-0.2, 0) is 12.7 Å². The van der Waals surface area contributed by atoms with Crippen LogP contribution < -0.4 is 11.1 Å². The summed E-state index contributed by atoms with van der Waals surface area (Å²) in [7, 11) is 0. The molecule has 0 fully saturated rings. The van der Waals surface area contributed by atoms with Gasteiger partial charge in [-0.2, -0.15) is 23.4 Å². The summed E-state index contributed by atoms with van der Waals surface area (Å²) in [6, 6.07) is 4.07. The topological polar surface area (TPSA) is 133 Å². The first kappa shape index (κ1) is 24.4. The van der Waals surface area contributed by atoms with Gasteiger partial charge in [0.25, 0.3) is 11.8 Å². The fourth-order valence-electron chi connectivity index (χ4n) is 4.13. The zero-order valence-electron chi connectivity index (χ0n) is 19.7. The van der Waals surface area contributed by atoms with Gasteiger partial charge in [-0.25, -0.2) is 14.5 Å². The molecule has 0 aliphatic rings. The smallest absolute Gasteiger partial charge is 0.365 e. The standard InChI is InChI=1S/C23H19F3N8O2S/c1-4-33-11(3)12(9-29-33)14-5-6-28-16-8-13(32-34(14)16)21(36)31-18-17-10(2)7-15(23(24,25)26)30-22(17)37-19(18)20(27)35/h5-9H,4H2,1-3H3,(H2,27,35)(H,31,36). The van der Waals surface area contributed by atoms with Crippen LogP contribution in [0.2, 0.25) is 0 Å². The molecule has 14 heteroatoms. The van der Waals surface area contributed by atoms with Crippen LogP contribution in [0.15, 0.2) is 30.6 Å². The van der Waals surface area contributed by atoms with Crippen molar-refractivity contribution in [1.82, 2.24) is 29.4 Å². The van der Waals surface area contributed by atoms with Crippen molar-refractivity contribution < 1.29 is 22.8 Å². The monoisotopic (exact) mass is 528 g/mol. The van der Waals surface area contributed by atoms with Gasteiger partial charge in [-0.1, -0.05) is 0 Å². The molecule has 0 atom stereocenters. The summed E-state index contributed by atoms with van der Waals surface area (Å²) < 4.78 is 43.1. The number of nitrogens with zero attached hydrogens (tertiary/aromatic N) is 6. The van der Waals surface area contributed by atoms with Gasteiger partial charge in [0.2, 0.25) is 0 Å². The first-order chi connectivity index (χ1) is 17.5. The van der Waals surface area contributed by atoms with Crippen molar-refractivity contribution in [1.29, 1.82) is 0 Å². The molecule has 0 saturated carbocycles. The van der Waals surface area contributed by atoms with Crippen LogP contribution in [0.5, 0.6) is 0 Å². The van der Waals surface area contributed by atoms with E-state index in [0.717, 1.165) is 17.3 Å². The maximum absolute atomic E-state index is 13.3. The number of aryl methyl sites for hydroxylation is 2. The minimum Gasteiger partial charge on any atom is -0.365 e. The minimum absolute atomic E-state index is 0.0125. The minimum atomic E-state index is -4.67. The number of amides is 2. The summed E-state index contributed by atoms with van der Waals surface area (Å²) in [5.41, 5.74) is 7.30. The summed E-state index contributed by atoms with van der Waals surface area (Å²) in [6.07, 6.45) is -1.38. The average Bonchev–Trinajstić information content (AvgIpc) is 3.53. The number of nitrogens with one attached hydrogen (secondary N) is 1. The number of alkyl halides is 3. The Kier molecular flexibility index (Phi) is 5.70. The molecule has 37 heavy (non-hydrogen) atoms. The summed E-state index contributed by atoms with van der Waals surface area (Å²) >= 11 is 0.677. The molecule has 0 aromatic carbocycles. The van der Waals surface area contributed by atoms with Gasteiger partial charge in [-0.15, -0.1) is 11.3 Å². The van der Waals surface area contributed by atoms with Gasteiger partial charge in [-0.3, -0.25) is 14.3 Å². The molecule has 0 bridgehead atoms. The van der Waals surface area contributed by atoms with Gasteiger partial charge in [0.1, 0.15) is 15.4 Å². The van der Waals surface area contributed by atoms with E-state index < -0.39 is 23.7 Å². The molecule has 10 nitrogen and oxygen atoms in total. The van der Waals surface area contributed by atoms with Crippen molar-refractivity contribution in [2.24, 2.45) is 5.73 Å². The third-order valence-corrected chi connectivity index (χ3v) is 6.98. The molecule has 0 radical (unpaired) electrons. The number of halogens is 3. The molecule has 0 saturated heterocycles. The molecule has 5 aromatic heterocycles. The number of pyridine rings is 1. The van der Waals surface area contributed by atoms with E-state index in [1.54, 1.807) is 18.5 Å². The second-order valence-corrected chi connectivity index (χ2v) is 9.22. The number of carbonyl (C=O) groups is 2. The Morgan fingerprint density at radius 2 is 1.97 bits per heavy atom. The third kappa shape index (κ3) is 4.08. The van der Waals surface area contributed by atoms with Crippen molar-refractivity contribution in [3.05, 3.63) is 58.1 Å². The van der Waals surface area contributed by atoms with Crippen LogP contribution >= 0.6 is 11.3 Å². The number of fused-ring (bicyclic) bond motifs is 2. The normalized spacial score (nSPS) is 11.9. The SMILES string of the molecule is CCn1ncc(-c2ccnc3cc(C(=O)Nc4c(C(N)=O)sc5nc(C(F)(F)F)cc(C)c45)nn23)c1C. The molecule has 0 aliphatic carbocycles. The Morgan fingerprint density at radius 1 is 1.22 bits per heavy atom. The summed E-state index contributed by atoms with van der Waals surface area (Å²) in [6.45, 7) is 6.01. The highest BCUT2D eigenvalue weighted by Gasteiger charge is 2.34. The fourth-order valence-corrected chi connectivity index (χ4v) is 5.18. The lowest BCUT2D eigenvalue weighted by atomic mass is 10.1. The first-order valence-electron chi connectivity index (χ1n) is 11.0. The van der Waals surface area contributed by atoms with E-state index in [2.05, 4.69) is 25.5 Å². The van der Waals surface area contributed by atoms with E-state index >= 15 is 0 Å². The third-order valence-electron chi connectivity index (χ3n) is 5.88. The Hall–Kier alpha value is -4.33. The van der Waals surface area contributed by atoms with E-state index in [1.807, 2.05) is 18.5 Å². The van der Waals surface area contributed by atoms with Crippen LogP contribution in [0, 0.1) is 13.8 Å². The number of hydrogen-bond donors (Lipinski definition) is 2. The van der Waals surface area contributed by atoms with Crippen LogP contribution in [0.1, 0.15) is 44.0 Å². The van der Waals surface area contributed by atoms with Crippen molar-refractivity contribution in [2.45, 2.75) is 33.5 Å². The van der Waals surface area contributed by atoms with Crippen molar-refractivity contribution in [2.75, 3.05) is 5.32 Å². The van der Waals surface area contributed by atoms with E-state index in [1.165, 1.54) is 17.5 Å². The van der Waals surface area contributed by atoms with Crippen molar-refractivity contribution >= 4 is 44.7 Å². The maximum atomic E-state index is 13.3. The summed E-state index contributed by atoms with van der Waals surface area (Å²) in [5.74, 6) is -1.60. The van der Waals surface area contributed by atoms with Crippen molar-refractivity contribution in [3.8, 4) is 11.3 Å². The fraction of sp³-hybridized carbons (Fsp3) is 0.217. The van der Waals surface area contributed by atoms with Gasteiger partial charge in [0.15, 0.2) is 11.3 Å². The predicted octanol–water partition coefficient (Wildman–Crippen LogP) is 4.21. The number of aromatic nitrogens is 6. The lowest BCUT2D eigenvalue weighted by Crippen LogP contribution is -2.17. The molecule has 190 valence electrons. The molecule has 0 unspecified atom stereocenters. The molecule has 0 spiro atoms. The number of anilines is 1. The van der Waals surface area contributed by atoms with Crippen molar-refractivity contribution in [3.63, 3.8) is 0 Å². The number of thiophene rings is 1. The second kappa shape index (κ2) is 8.65. The molecule has 2 amide bonds. The number of rotatable bonds is 5. The van der Waals surface area contributed by atoms with E-state index in [-0.39, 0.29) is 32.0 Å². The quantitative estimate of drug-likeness (QED) is 0.351. The number of carbonyl (C=O) groups excluding carboxylic acids is 2. The molecule has 5 rings (SSSR count). The Morgan fingerprint density at radius 3 is 2.62 bits per heavy atom. The van der Waals surface area contributed by atoms with Gasteiger partial charge < -0.3 is 11.1 Å². The zero-order chi connectivity index (χ0) is 26.6. The number of hydrogen-bond acceptors (Lipinski definition) is 7. The highest BCUT2D eigenvalue weighted by atomic mass is 32.1. The van der Waals surface area contributed by atoms with Gasteiger partial charge in [-0.05, 0) is 38.5 Å². The number of nitrogens with two attached hydrogens (primary N) is 1. The molecule has 5 aromatic rings. The van der Waals surface area contributed by atoms with E-state index in [4.69, 9.17) is 5.73 Å². The van der Waals surface area contributed by atoms with Gasteiger partial charge in [0.05, 0.1) is 17.6 Å². The Balaban J connectivity index is 1.58. The number of primary amides is 1. The molecular weight excluding hydrogens is 509 g/mol. The average molecular weight is 529 g/mol.